The zero-order valence-corrected chi connectivity index (χ0v) is 25.4. The van der Waals surface area contributed by atoms with Crippen LogP contribution in [-0.2, 0) is 27.9 Å². The number of ketones is 1. The minimum absolute atomic E-state index is 0.0550. The minimum atomic E-state index is -4.86. The van der Waals surface area contributed by atoms with Crippen molar-refractivity contribution in [2.75, 3.05) is 40.9 Å². The summed E-state index contributed by atoms with van der Waals surface area (Å²) in [6.45, 7) is 2.87. The molecule has 38 heavy (non-hydrogen) atoms. The number of phosphoric ester groups is 1. The molecule has 0 amide bonds. The monoisotopic (exact) mass is 563 g/mol. The molecule has 0 aromatic heterocycles. The van der Waals surface area contributed by atoms with E-state index in [1.54, 1.807) is 0 Å². The molecule has 0 aliphatic rings. The lowest BCUT2D eigenvalue weighted by atomic mass is 10.0. The molecule has 0 bridgehead atoms. The van der Waals surface area contributed by atoms with E-state index in [0.29, 0.717) is 17.4 Å². The molecule has 0 aromatic carbocycles. The first-order valence-electron chi connectivity index (χ1n) is 14.3. The van der Waals surface area contributed by atoms with E-state index in [1.165, 1.54) is 38.5 Å². The summed E-state index contributed by atoms with van der Waals surface area (Å²) in [7, 11) is 0.770. The van der Waals surface area contributed by atoms with Gasteiger partial charge in [-0.2, -0.15) is 0 Å². The van der Waals surface area contributed by atoms with Gasteiger partial charge in [0, 0.05) is 13.3 Å². The lowest BCUT2D eigenvalue weighted by Gasteiger charge is -2.32. The number of aliphatic hydroxyl groups is 1. The van der Waals surface area contributed by atoms with Crippen molar-refractivity contribution in [2.24, 2.45) is 0 Å². The SMILES string of the molecule is CCCCCCCC/C=C\CCCCCCCC(=O)C(OP(=O)([O-])OCC[N+](C)(C)C)[C@H](CO)OC(C)=O. The van der Waals surface area contributed by atoms with Crippen molar-refractivity contribution in [3.63, 3.8) is 0 Å². The number of carbonyl (C=O) groups is 2. The first-order valence-corrected chi connectivity index (χ1v) is 15.8. The summed E-state index contributed by atoms with van der Waals surface area (Å²) in [5.41, 5.74) is 0. The van der Waals surface area contributed by atoms with Crippen molar-refractivity contribution >= 4 is 19.6 Å². The van der Waals surface area contributed by atoms with Gasteiger partial charge in [0.15, 0.2) is 18.0 Å². The Morgan fingerprint density at radius 3 is 1.95 bits per heavy atom. The predicted molar refractivity (Wildman–Crippen MR) is 148 cm³/mol. The lowest BCUT2D eigenvalue weighted by Crippen LogP contribution is -2.42. The third kappa shape index (κ3) is 21.8. The highest BCUT2D eigenvalue weighted by Crippen LogP contribution is 2.41. The summed E-state index contributed by atoms with van der Waals surface area (Å²) < 4.78 is 27.7. The fraction of sp³-hybridized carbons (Fsp3) is 0.857. The van der Waals surface area contributed by atoms with Gasteiger partial charge in [-0.1, -0.05) is 70.4 Å². The molecule has 0 saturated carbocycles. The second kappa shape index (κ2) is 21.7. The Balaban J connectivity index is 4.43. The summed E-state index contributed by atoms with van der Waals surface area (Å²) in [6, 6.07) is 0. The summed E-state index contributed by atoms with van der Waals surface area (Å²) in [4.78, 5) is 36.6. The zero-order chi connectivity index (χ0) is 28.9. The first kappa shape index (κ1) is 36.9. The predicted octanol–water partition coefficient (Wildman–Crippen LogP) is 5.09. The highest BCUT2D eigenvalue weighted by molar-refractivity contribution is 7.45. The molecule has 0 fully saturated rings. The van der Waals surface area contributed by atoms with E-state index in [0.717, 1.165) is 45.4 Å². The molecule has 0 aliphatic carbocycles. The molecule has 1 N–H and O–H groups in total. The topological polar surface area (TPSA) is 122 Å². The van der Waals surface area contributed by atoms with Crippen molar-refractivity contribution in [1.29, 1.82) is 0 Å². The quantitative estimate of drug-likeness (QED) is 0.0536. The van der Waals surface area contributed by atoms with Gasteiger partial charge in [-0.15, -0.1) is 0 Å². The van der Waals surface area contributed by atoms with Crippen molar-refractivity contribution in [2.45, 2.75) is 116 Å². The first-order chi connectivity index (χ1) is 17.9. The van der Waals surface area contributed by atoms with Gasteiger partial charge in [0.1, 0.15) is 13.2 Å². The average molecular weight is 564 g/mol. The Hall–Kier alpha value is -1.09. The summed E-state index contributed by atoms with van der Waals surface area (Å²) in [6.07, 6.45) is 16.1. The highest BCUT2D eigenvalue weighted by Gasteiger charge is 2.34. The molecule has 0 radical (unpaired) electrons. The average Bonchev–Trinajstić information content (AvgIpc) is 2.82. The number of likely N-dealkylation sites (N-methyl/N-ethyl adjacent to an activating group) is 1. The molecule has 9 nitrogen and oxygen atoms in total. The fourth-order valence-electron chi connectivity index (χ4n) is 3.85. The lowest BCUT2D eigenvalue weighted by molar-refractivity contribution is -0.870. The number of unbranched alkanes of at least 4 members (excludes halogenated alkanes) is 11. The van der Waals surface area contributed by atoms with Crippen LogP contribution in [0.4, 0.5) is 0 Å². The van der Waals surface area contributed by atoms with Gasteiger partial charge in [-0.25, -0.2) is 0 Å². The summed E-state index contributed by atoms with van der Waals surface area (Å²) in [5.74, 6) is -1.30. The van der Waals surface area contributed by atoms with Crippen LogP contribution < -0.4 is 4.89 Å². The molecule has 2 unspecified atom stereocenters. The fourth-order valence-corrected chi connectivity index (χ4v) is 4.75. The Kier molecular flexibility index (Phi) is 21.1. The van der Waals surface area contributed by atoms with Crippen LogP contribution in [0.3, 0.4) is 0 Å². The minimum Gasteiger partial charge on any atom is -0.756 e. The molecule has 224 valence electrons. The molecule has 0 aliphatic heterocycles. The van der Waals surface area contributed by atoms with E-state index >= 15 is 0 Å². The number of ether oxygens (including phenoxy) is 1. The second-order valence-corrected chi connectivity index (χ2v) is 12.3. The Labute approximate surface area is 231 Å². The number of rotatable bonds is 25. The van der Waals surface area contributed by atoms with Crippen LogP contribution in [-0.4, -0.2) is 74.5 Å². The summed E-state index contributed by atoms with van der Waals surface area (Å²) >= 11 is 0. The molecule has 0 spiro atoms. The normalized spacial score (nSPS) is 15.3. The van der Waals surface area contributed by atoms with E-state index in [2.05, 4.69) is 19.1 Å². The Morgan fingerprint density at radius 2 is 1.45 bits per heavy atom. The van der Waals surface area contributed by atoms with Crippen LogP contribution >= 0.6 is 7.82 Å². The third-order valence-corrected chi connectivity index (χ3v) is 7.08. The van der Waals surface area contributed by atoms with E-state index in [-0.39, 0.29) is 13.0 Å². The second-order valence-electron chi connectivity index (χ2n) is 11.0. The maximum atomic E-state index is 12.8. The van der Waals surface area contributed by atoms with E-state index in [1.807, 2.05) is 21.1 Å². The number of hydrogen-bond donors (Lipinski definition) is 1. The number of Topliss-reactive ketones (excluding diaryl/α,β-unsaturated/α-hetero) is 1. The van der Waals surface area contributed by atoms with Crippen LogP contribution in [0.1, 0.15) is 104 Å². The van der Waals surface area contributed by atoms with Crippen LogP contribution in [0.15, 0.2) is 12.2 Å². The molecule has 0 heterocycles. The van der Waals surface area contributed by atoms with Gasteiger partial charge in [0.2, 0.25) is 0 Å². The zero-order valence-electron chi connectivity index (χ0n) is 24.5. The molecule has 3 atom stereocenters. The smallest absolute Gasteiger partial charge is 0.303 e. The van der Waals surface area contributed by atoms with Crippen molar-refractivity contribution < 1.29 is 42.4 Å². The van der Waals surface area contributed by atoms with Crippen molar-refractivity contribution in [3.8, 4) is 0 Å². The van der Waals surface area contributed by atoms with Crippen LogP contribution in [0.5, 0.6) is 0 Å². The molecule has 0 rings (SSSR count). The van der Waals surface area contributed by atoms with Crippen LogP contribution in [0.2, 0.25) is 0 Å². The largest absolute Gasteiger partial charge is 0.756 e. The van der Waals surface area contributed by atoms with E-state index < -0.39 is 38.4 Å². The summed E-state index contributed by atoms with van der Waals surface area (Å²) in [5, 5.41) is 9.63. The van der Waals surface area contributed by atoms with E-state index in [9.17, 15) is 24.2 Å². The number of nitrogens with zero attached hydrogens (tertiary/aromatic N) is 1. The van der Waals surface area contributed by atoms with Gasteiger partial charge in [-0.3, -0.25) is 14.2 Å². The number of allylic oxidation sites excluding steroid dienone is 2. The van der Waals surface area contributed by atoms with Crippen molar-refractivity contribution in [1.82, 2.24) is 0 Å². The molecule has 0 saturated heterocycles. The Bertz CT molecular complexity index is 707. The molecule has 10 heteroatoms. The number of carbonyl (C=O) groups excluding carboxylic acids is 2. The maximum Gasteiger partial charge on any atom is 0.303 e. The van der Waals surface area contributed by atoms with Gasteiger partial charge < -0.3 is 28.3 Å². The highest BCUT2D eigenvalue weighted by atomic mass is 31.2. The van der Waals surface area contributed by atoms with Crippen LogP contribution in [0, 0.1) is 0 Å². The number of esters is 1. The third-order valence-electron chi connectivity index (χ3n) is 6.09. The van der Waals surface area contributed by atoms with Gasteiger partial charge in [0.25, 0.3) is 7.82 Å². The van der Waals surface area contributed by atoms with Crippen molar-refractivity contribution in [3.05, 3.63) is 12.2 Å². The van der Waals surface area contributed by atoms with Gasteiger partial charge in [0.05, 0.1) is 27.7 Å². The van der Waals surface area contributed by atoms with Gasteiger partial charge in [-0.05, 0) is 32.1 Å². The standard InChI is InChI=1S/C28H54NO8P/c1-6-7-8-9-10-11-12-13-14-15-16-17-18-19-20-21-26(32)28(27(24-30)36-25(2)31)37-38(33,34)35-23-22-29(3,4)5/h13-14,27-28,30H,6-12,15-24H2,1-5H3/b14-13-/t27-,28?/m0/s1. The Morgan fingerprint density at radius 1 is 0.921 bits per heavy atom. The molecule has 0 aromatic rings. The number of hydrogen-bond acceptors (Lipinski definition) is 8. The molecular formula is C28H54NO8P. The number of aliphatic hydroxyl groups excluding tert-OH is 1. The van der Waals surface area contributed by atoms with E-state index in [4.69, 9.17) is 13.8 Å². The van der Waals surface area contributed by atoms with Crippen LogP contribution in [0.25, 0.3) is 0 Å². The number of phosphoric acid groups is 1. The molecular weight excluding hydrogens is 509 g/mol. The van der Waals surface area contributed by atoms with Gasteiger partial charge >= 0.3 is 5.97 Å². The number of quaternary nitrogens is 1. The maximum absolute atomic E-state index is 12.8.